The van der Waals surface area contributed by atoms with Crippen LogP contribution < -0.4 is 25.3 Å². The van der Waals surface area contributed by atoms with Crippen LogP contribution in [0.25, 0.3) is 28.1 Å². The van der Waals surface area contributed by atoms with Crippen LogP contribution >= 0.6 is 0 Å². The third-order valence-electron chi connectivity index (χ3n) is 7.33. The van der Waals surface area contributed by atoms with Crippen molar-refractivity contribution in [3.8, 4) is 34.3 Å². The van der Waals surface area contributed by atoms with E-state index >= 15 is 4.39 Å². The molecule has 0 saturated carbocycles. The van der Waals surface area contributed by atoms with Crippen molar-refractivity contribution in [2.75, 3.05) is 25.3 Å². The molecule has 0 aliphatic carbocycles. The molecule has 0 amide bonds. The van der Waals surface area contributed by atoms with E-state index < -0.39 is 5.82 Å². The van der Waals surface area contributed by atoms with Crippen LogP contribution in [0.3, 0.4) is 0 Å². The molecule has 3 heterocycles. The van der Waals surface area contributed by atoms with Crippen LogP contribution in [0.15, 0.2) is 91.4 Å². The van der Waals surface area contributed by atoms with E-state index in [1.807, 2.05) is 66.1 Å². The van der Waals surface area contributed by atoms with Crippen molar-refractivity contribution >= 4 is 22.5 Å². The molecule has 0 radical (unpaired) electrons. The van der Waals surface area contributed by atoms with Crippen LogP contribution in [-0.4, -0.2) is 33.7 Å². The number of nitrogens with one attached hydrogen (secondary N) is 1. The Labute approximate surface area is 254 Å². The monoisotopic (exact) mass is 590 g/mol. The molecular formula is C34H31FN6O3. The standard InChI is InChI=1S/C34H31FN6O3/c1-21-30-33(34(40-20-39-30)38-17-22-9-12-26(42-2)13-10-22)41(32(21)31-29(43-3)15-24(36)18-37-31)25-11-14-28(27(35)16-25)44-19-23-7-5-4-6-8-23/h4-16,18,20H,17,19,36H2,1-3H3,(H,38,39,40). The number of benzene rings is 3. The normalized spacial score (nSPS) is 11.0. The Hall–Kier alpha value is -5.64. The molecule has 0 saturated heterocycles. The largest absolute Gasteiger partial charge is 0.497 e. The summed E-state index contributed by atoms with van der Waals surface area (Å²) in [7, 11) is 3.19. The Bertz CT molecular complexity index is 1930. The van der Waals surface area contributed by atoms with Crippen LogP contribution in [0.5, 0.6) is 17.2 Å². The highest BCUT2D eigenvalue weighted by atomic mass is 19.1. The van der Waals surface area contributed by atoms with Crippen molar-refractivity contribution in [2.24, 2.45) is 0 Å². The zero-order chi connectivity index (χ0) is 30.6. The van der Waals surface area contributed by atoms with Gasteiger partial charge in [-0.15, -0.1) is 0 Å². The van der Waals surface area contributed by atoms with Crippen molar-refractivity contribution in [1.29, 1.82) is 0 Å². The second-order valence-corrected chi connectivity index (χ2v) is 10.1. The molecule has 3 aromatic carbocycles. The van der Waals surface area contributed by atoms with Crippen LogP contribution in [0.2, 0.25) is 0 Å². The van der Waals surface area contributed by atoms with Gasteiger partial charge in [0.05, 0.1) is 37.3 Å². The zero-order valence-electron chi connectivity index (χ0n) is 24.5. The average molecular weight is 591 g/mol. The second kappa shape index (κ2) is 12.3. The second-order valence-electron chi connectivity index (χ2n) is 10.1. The number of hydrogen-bond donors (Lipinski definition) is 2. The molecule has 6 aromatic rings. The molecule has 0 aliphatic rings. The number of aromatic nitrogens is 4. The Morgan fingerprint density at radius 2 is 1.66 bits per heavy atom. The van der Waals surface area contributed by atoms with Gasteiger partial charge in [0.2, 0.25) is 0 Å². The lowest BCUT2D eigenvalue weighted by Gasteiger charge is -2.16. The quantitative estimate of drug-likeness (QED) is 0.181. The molecule has 3 N–H and O–H groups in total. The molecule has 6 rings (SSSR count). The number of hydrogen-bond acceptors (Lipinski definition) is 8. The van der Waals surface area contributed by atoms with E-state index in [-0.39, 0.29) is 12.4 Å². The van der Waals surface area contributed by atoms with Gasteiger partial charge in [-0.25, -0.2) is 19.3 Å². The fraction of sp³-hybridized carbons (Fsp3) is 0.147. The van der Waals surface area contributed by atoms with Crippen LogP contribution in [0.1, 0.15) is 16.7 Å². The summed E-state index contributed by atoms with van der Waals surface area (Å²) < 4.78 is 34.3. The van der Waals surface area contributed by atoms with Crippen LogP contribution in [0.4, 0.5) is 15.9 Å². The smallest absolute Gasteiger partial charge is 0.167 e. The number of halogens is 1. The molecule has 44 heavy (non-hydrogen) atoms. The number of anilines is 2. The van der Waals surface area contributed by atoms with E-state index in [0.717, 1.165) is 22.4 Å². The van der Waals surface area contributed by atoms with E-state index in [1.165, 1.54) is 12.4 Å². The number of methoxy groups -OCH3 is 2. The van der Waals surface area contributed by atoms with Gasteiger partial charge in [0.1, 0.15) is 35.6 Å². The van der Waals surface area contributed by atoms with Gasteiger partial charge in [-0.2, -0.15) is 0 Å². The third-order valence-corrected chi connectivity index (χ3v) is 7.33. The number of fused-ring (bicyclic) bond motifs is 1. The number of pyridine rings is 1. The predicted molar refractivity (Wildman–Crippen MR) is 169 cm³/mol. The molecule has 0 atom stereocenters. The molecule has 222 valence electrons. The molecule has 0 spiro atoms. The first-order valence-corrected chi connectivity index (χ1v) is 14.0. The third kappa shape index (κ3) is 5.57. The lowest BCUT2D eigenvalue weighted by Crippen LogP contribution is -2.07. The molecule has 3 aromatic heterocycles. The van der Waals surface area contributed by atoms with Gasteiger partial charge in [-0.3, -0.25) is 0 Å². The Kier molecular flexibility index (Phi) is 7.96. The van der Waals surface area contributed by atoms with E-state index in [4.69, 9.17) is 19.9 Å². The number of ether oxygens (including phenoxy) is 3. The first-order chi connectivity index (χ1) is 21.5. The van der Waals surface area contributed by atoms with Crippen molar-refractivity contribution < 1.29 is 18.6 Å². The summed E-state index contributed by atoms with van der Waals surface area (Å²) in [6.45, 7) is 2.67. The highest BCUT2D eigenvalue weighted by Gasteiger charge is 2.25. The minimum Gasteiger partial charge on any atom is -0.497 e. The summed E-state index contributed by atoms with van der Waals surface area (Å²) >= 11 is 0. The highest BCUT2D eigenvalue weighted by molar-refractivity contribution is 5.97. The summed E-state index contributed by atoms with van der Waals surface area (Å²) in [5.74, 6) is 1.45. The summed E-state index contributed by atoms with van der Waals surface area (Å²) in [5.41, 5.74) is 12.3. The van der Waals surface area contributed by atoms with Gasteiger partial charge in [0.15, 0.2) is 17.4 Å². The topological polar surface area (TPSA) is 109 Å². The van der Waals surface area contributed by atoms with E-state index in [0.29, 0.717) is 51.9 Å². The predicted octanol–water partition coefficient (Wildman–Crippen LogP) is 6.72. The van der Waals surface area contributed by atoms with Gasteiger partial charge in [0, 0.05) is 29.9 Å². The van der Waals surface area contributed by atoms with Gasteiger partial charge in [-0.1, -0.05) is 42.5 Å². The molecular weight excluding hydrogens is 559 g/mol. The fourth-order valence-corrected chi connectivity index (χ4v) is 5.13. The minimum absolute atomic E-state index is 0.143. The van der Waals surface area contributed by atoms with Gasteiger partial charge in [-0.05, 0) is 42.3 Å². The lowest BCUT2D eigenvalue weighted by atomic mass is 10.1. The molecule has 9 nitrogen and oxygen atoms in total. The van der Waals surface area contributed by atoms with Crippen molar-refractivity contribution in [3.63, 3.8) is 0 Å². The summed E-state index contributed by atoms with van der Waals surface area (Å²) in [4.78, 5) is 13.9. The molecule has 0 fully saturated rings. The summed E-state index contributed by atoms with van der Waals surface area (Å²) in [6, 6.07) is 24.0. The number of rotatable bonds is 10. The number of nitrogens with two attached hydrogens (primary N) is 1. The fourth-order valence-electron chi connectivity index (χ4n) is 5.13. The number of nitrogen functional groups attached to an aromatic ring is 1. The van der Waals surface area contributed by atoms with Crippen LogP contribution in [-0.2, 0) is 13.2 Å². The van der Waals surface area contributed by atoms with Crippen molar-refractivity contribution in [2.45, 2.75) is 20.1 Å². The molecule has 0 aliphatic heterocycles. The van der Waals surface area contributed by atoms with Crippen LogP contribution in [0, 0.1) is 12.7 Å². The summed E-state index contributed by atoms with van der Waals surface area (Å²) in [5, 5.41) is 3.44. The van der Waals surface area contributed by atoms with Gasteiger partial charge < -0.3 is 29.8 Å². The Morgan fingerprint density at radius 1 is 0.864 bits per heavy atom. The highest BCUT2D eigenvalue weighted by Crippen LogP contribution is 2.41. The Morgan fingerprint density at radius 3 is 2.39 bits per heavy atom. The average Bonchev–Trinajstić information content (AvgIpc) is 3.36. The maximum absolute atomic E-state index is 15.7. The molecule has 0 unspecified atom stereocenters. The summed E-state index contributed by atoms with van der Waals surface area (Å²) in [6.07, 6.45) is 3.07. The molecule has 0 bridgehead atoms. The number of aryl methyl sites for hydroxylation is 1. The van der Waals surface area contributed by atoms with E-state index in [2.05, 4.69) is 20.3 Å². The zero-order valence-corrected chi connectivity index (χ0v) is 24.5. The molecule has 10 heteroatoms. The first kappa shape index (κ1) is 28.5. The Balaban J connectivity index is 1.48. The van der Waals surface area contributed by atoms with E-state index in [1.54, 1.807) is 38.6 Å². The van der Waals surface area contributed by atoms with Crippen molar-refractivity contribution in [1.82, 2.24) is 19.5 Å². The maximum atomic E-state index is 15.7. The maximum Gasteiger partial charge on any atom is 0.167 e. The first-order valence-electron chi connectivity index (χ1n) is 14.0. The lowest BCUT2D eigenvalue weighted by molar-refractivity contribution is 0.290. The van der Waals surface area contributed by atoms with Gasteiger partial charge in [0.25, 0.3) is 0 Å². The minimum atomic E-state index is -0.509. The van der Waals surface area contributed by atoms with E-state index in [9.17, 15) is 0 Å². The van der Waals surface area contributed by atoms with Crippen molar-refractivity contribution in [3.05, 3.63) is 114 Å². The SMILES string of the molecule is COc1ccc(CNc2ncnc3c(C)c(-c4ncc(N)cc4OC)n(-c4ccc(OCc5ccccc5)c(F)c4)c23)cc1. The number of nitrogens with zero attached hydrogens (tertiary/aromatic N) is 4. The van der Waals surface area contributed by atoms with Gasteiger partial charge >= 0.3 is 0 Å².